The number of hydrogen-bond acceptors (Lipinski definition) is 3. The lowest BCUT2D eigenvalue weighted by atomic mass is 10.2. The molecule has 7 nitrogen and oxygen atoms in total. The van der Waals surface area contributed by atoms with Crippen LogP contribution in [-0.4, -0.2) is 32.1 Å². The predicted octanol–water partition coefficient (Wildman–Crippen LogP) is 4.04. The van der Waals surface area contributed by atoms with Crippen LogP contribution in [-0.2, 0) is 6.42 Å². The number of anilines is 1. The molecular formula is C23H24N6O. The largest absolute Gasteiger partial charge is 0.337 e. The molecule has 2 N–H and O–H groups in total. The molecule has 30 heavy (non-hydrogen) atoms. The van der Waals surface area contributed by atoms with Crippen molar-refractivity contribution in [2.24, 2.45) is 0 Å². The van der Waals surface area contributed by atoms with Gasteiger partial charge in [-0.05, 0) is 56.3 Å². The van der Waals surface area contributed by atoms with E-state index in [1.807, 2.05) is 96.1 Å². The Morgan fingerprint density at radius 1 is 0.933 bits per heavy atom. The van der Waals surface area contributed by atoms with Crippen LogP contribution >= 0.6 is 0 Å². The number of aromatic nitrogens is 4. The van der Waals surface area contributed by atoms with E-state index in [-0.39, 0.29) is 6.03 Å². The van der Waals surface area contributed by atoms with Gasteiger partial charge in [0, 0.05) is 30.5 Å². The lowest BCUT2D eigenvalue weighted by molar-refractivity contribution is 0.252. The first-order valence-corrected chi connectivity index (χ1v) is 9.87. The summed E-state index contributed by atoms with van der Waals surface area (Å²) < 4.78 is 3.70. The van der Waals surface area contributed by atoms with Gasteiger partial charge in [-0.1, -0.05) is 24.3 Å². The van der Waals surface area contributed by atoms with Crippen molar-refractivity contribution in [1.29, 1.82) is 0 Å². The van der Waals surface area contributed by atoms with E-state index in [1.165, 1.54) is 0 Å². The lowest BCUT2D eigenvalue weighted by Gasteiger charge is -2.10. The second-order valence-corrected chi connectivity index (χ2v) is 7.11. The van der Waals surface area contributed by atoms with Gasteiger partial charge in [0.1, 0.15) is 0 Å². The fraction of sp³-hybridized carbons (Fsp3) is 0.174. The third kappa shape index (κ3) is 4.57. The Bertz CT molecular complexity index is 1150. The number of benzene rings is 2. The summed E-state index contributed by atoms with van der Waals surface area (Å²) in [4.78, 5) is 12.3. The normalized spacial score (nSPS) is 10.7. The summed E-state index contributed by atoms with van der Waals surface area (Å²) in [6.45, 7) is 4.46. The molecule has 2 aromatic heterocycles. The van der Waals surface area contributed by atoms with Crippen LogP contribution in [0.3, 0.4) is 0 Å². The molecule has 0 fully saturated rings. The Morgan fingerprint density at radius 3 is 2.50 bits per heavy atom. The van der Waals surface area contributed by atoms with Crippen molar-refractivity contribution in [3.05, 3.63) is 90.0 Å². The van der Waals surface area contributed by atoms with Crippen LogP contribution in [0.5, 0.6) is 0 Å². The molecule has 4 aromatic rings. The van der Waals surface area contributed by atoms with Gasteiger partial charge >= 0.3 is 6.03 Å². The highest BCUT2D eigenvalue weighted by Crippen LogP contribution is 2.16. The Morgan fingerprint density at radius 2 is 1.73 bits per heavy atom. The number of aryl methyl sites for hydroxylation is 2. The molecule has 0 radical (unpaired) electrons. The van der Waals surface area contributed by atoms with Crippen molar-refractivity contribution in [3.63, 3.8) is 0 Å². The average molecular weight is 400 g/mol. The number of urea groups is 1. The first kappa shape index (κ1) is 19.4. The van der Waals surface area contributed by atoms with Gasteiger partial charge in [0.05, 0.1) is 22.8 Å². The van der Waals surface area contributed by atoms with Crippen LogP contribution in [0, 0.1) is 13.8 Å². The minimum absolute atomic E-state index is 0.247. The van der Waals surface area contributed by atoms with Gasteiger partial charge in [0.25, 0.3) is 0 Å². The summed E-state index contributed by atoms with van der Waals surface area (Å²) in [5, 5.41) is 14.8. The molecule has 0 aliphatic carbocycles. The number of nitrogens with one attached hydrogen (secondary N) is 2. The quantitative estimate of drug-likeness (QED) is 0.513. The van der Waals surface area contributed by atoms with Crippen LogP contribution in [0.15, 0.2) is 72.9 Å². The molecular weight excluding hydrogens is 376 g/mol. The van der Waals surface area contributed by atoms with E-state index >= 15 is 0 Å². The molecule has 7 heteroatoms. The van der Waals surface area contributed by atoms with Gasteiger partial charge in [0.2, 0.25) is 0 Å². The van der Waals surface area contributed by atoms with Crippen molar-refractivity contribution in [1.82, 2.24) is 24.9 Å². The van der Waals surface area contributed by atoms with Gasteiger partial charge in [0.15, 0.2) is 0 Å². The van der Waals surface area contributed by atoms with E-state index in [1.54, 1.807) is 0 Å². The summed E-state index contributed by atoms with van der Waals surface area (Å²) in [6, 6.07) is 21.3. The molecule has 0 spiro atoms. The molecule has 4 rings (SSSR count). The van der Waals surface area contributed by atoms with E-state index in [4.69, 9.17) is 0 Å². The molecule has 0 saturated heterocycles. The summed E-state index contributed by atoms with van der Waals surface area (Å²) >= 11 is 0. The number of rotatable bonds is 6. The van der Waals surface area contributed by atoms with Gasteiger partial charge in [-0.25, -0.2) is 14.2 Å². The average Bonchev–Trinajstić information content (AvgIpc) is 3.35. The number of carbonyl (C=O) groups is 1. The van der Waals surface area contributed by atoms with E-state index in [2.05, 4.69) is 20.8 Å². The number of amides is 2. The lowest BCUT2D eigenvalue weighted by Crippen LogP contribution is -2.30. The summed E-state index contributed by atoms with van der Waals surface area (Å²) in [5.41, 5.74) is 5.56. The molecule has 2 heterocycles. The predicted molar refractivity (Wildman–Crippen MR) is 117 cm³/mol. The first-order valence-electron chi connectivity index (χ1n) is 9.87. The van der Waals surface area contributed by atoms with Crippen LogP contribution in [0.4, 0.5) is 10.5 Å². The second-order valence-electron chi connectivity index (χ2n) is 7.11. The molecule has 0 saturated carbocycles. The van der Waals surface area contributed by atoms with Gasteiger partial charge in [-0.15, -0.1) is 0 Å². The van der Waals surface area contributed by atoms with Gasteiger partial charge in [-0.3, -0.25) is 0 Å². The highest BCUT2D eigenvalue weighted by atomic mass is 16.2. The Labute approximate surface area is 175 Å². The monoisotopic (exact) mass is 400 g/mol. The molecule has 0 atom stereocenters. The number of hydrogen-bond donors (Lipinski definition) is 2. The molecule has 0 unspecified atom stereocenters. The zero-order valence-electron chi connectivity index (χ0n) is 17.0. The second kappa shape index (κ2) is 8.65. The molecule has 0 aliphatic rings. The third-order valence-electron chi connectivity index (χ3n) is 4.69. The van der Waals surface area contributed by atoms with E-state index in [9.17, 15) is 4.79 Å². The van der Waals surface area contributed by atoms with E-state index in [0.717, 1.165) is 28.5 Å². The van der Waals surface area contributed by atoms with Crippen molar-refractivity contribution < 1.29 is 4.79 Å². The fourth-order valence-electron chi connectivity index (χ4n) is 3.30. The van der Waals surface area contributed by atoms with E-state index < -0.39 is 0 Å². The van der Waals surface area contributed by atoms with Crippen LogP contribution in [0.25, 0.3) is 11.4 Å². The summed E-state index contributed by atoms with van der Waals surface area (Å²) in [5.74, 6) is 0. The maximum Gasteiger partial charge on any atom is 0.319 e. The molecule has 2 aromatic carbocycles. The van der Waals surface area contributed by atoms with Crippen molar-refractivity contribution in [2.75, 3.05) is 11.9 Å². The highest BCUT2D eigenvalue weighted by molar-refractivity contribution is 5.89. The first-order chi connectivity index (χ1) is 14.6. The van der Waals surface area contributed by atoms with Crippen molar-refractivity contribution in [2.45, 2.75) is 20.3 Å². The molecule has 0 aliphatic heterocycles. The molecule has 152 valence electrons. The smallest absolute Gasteiger partial charge is 0.319 e. The highest BCUT2D eigenvalue weighted by Gasteiger charge is 2.07. The Kier molecular flexibility index (Phi) is 5.61. The topological polar surface area (TPSA) is 76.8 Å². The van der Waals surface area contributed by atoms with E-state index in [0.29, 0.717) is 18.7 Å². The van der Waals surface area contributed by atoms with Crippen molar-refractivity contribution in [3.8, 4) is 11.4 Å². The number of carbonyl (C=O) groups excluding carboxylic acids is 1. The minimum Gasteiger partial charge on any atom is -0.337 e. The summed E-state index contributed by atoms with van der Waals surface area (Å²) in [7, 11) is 0. The Hall–Kier alpha value is -3.87. The zero-order valence-corrected chi connectivity index (χ0v) is 17.0. The number of para-hydroxylation sites is 1. The maximum atomic E-state index is 12.3. The summed E-state index contributed by atoms with van der Waals surface area (Å²) in [6.07, 6.45) is 2.58. The standard InChI is InChI=1S/C23H24N6O/c1-17-15-18(2)29(26-17)22-10-6-7-20(16-22)25-23(30)24-13-11-19-12-14-28(27-19)21-8-4-3-5-9-21/h3-10,12,14-16H,11,13H2,1-2H3,(H2,24,25,30). The minimum atomic E-state index is -0.247. The molecule has 2 amide bonds. The molecule has 0 bridgehead atoms. The number of nitrogens with zero attached hydrogens (tertiary/aromatic N) is 4. The van der Waals surface area contributed by atoms with Gasteiger partial charge in [-0.2, -0.15) is 10.2 Å². The third-order valence-corrected chi connectivity index (χ3v) is 4.69. The van der Waals surface area contributed by atoms with Crippen LogP contribution < -0.4 is 10.6 Å². The van der Waals surface area contributed by atoms with Crippen molar-refractivity contribution >= 4 is 11.7 Å². The Balaban J connectivity index is 1.31. The van der Waals surface area contributed by atoms with Crippen LogP contribution in [0.2, 0.25) is 0 Å². The van der Waals surface area contributed by atoms with Crippen LogP contribution in [0.1, 0.15) is 17.1 Å². The fourth-order valence-corrected chi connectivity index (χ4v) is 3.30. The zero-order chi connectivity index (χ0) is 20.9. The van der Waals surface area contributed by atoms with Gasteiger partial charge < -0.3 is 10.6 Å². The SMILES string of the molecule is Cc1cc(C)n(-c2cccc(NC(=O)NCCc3ccn(-c4ccccc4)n3)c2)n1. The maximum absolute atomic E-state index is 12.3.